The molecule has 0 fully saturated rings. The molecule has 2 aliphatic rings. The molecule has 1 atom stereocenters. The summed E-state index contributed by atoms with van der Waals surface area (Å²) in [6.07, 6.45) is 3.19. The molecule has 21 heavy (non-hydrogen) atoms. The summed E-state index contributed by atoms with van der Waals surface area (Å²) >= 11 is 0. The molecule has 2 aromatic carbocycles. The highest BCUT2D eigenvalue weighted by Gasteiger charge is 2.38. The van der Waals surface area contributed by atoms with Gasteiger partial charge in [-0.2, -0.15) is 0 Å². The minimum Gasteiger partial charge on any atom is -0.479 e. The summed E-state index contributed by atoms with van der Waals surface area (Å²) in [5, 5.41) is 0. The van der Waals surface area contributed by atoms with Gasteiger partial charge in [0.1, 0.15) is 12.1 Å². The molecule has 1 aliphatic carbocycles. The highest BCUT2D eigenvalue weighted by Crippen LogP contribution is 2.36. The second-order valence-electron chi connectivity index (χ2n) is 6.17. The molecule has 0 aromatic heterocycles. The van der Waals surface area contributed by atoms with Crippen LogP contribution < -0.4 is 0 Å². The molecule has 0 bridgehead atoms. The maximum absolute atomic E-state index is 5.60. The summed E-state index contributed by atoms with van der Waals surface area (Å²) in [5.74, 6) is 0.847. The van der Waals surface area contributed by atoms with Crippen molar-refractivity contribution in [3.05, 3.63) is 59.7 Å². The molecule has 0 amide bonds. The predicted octanol–water partition coefficient (Wildman–Crippen LogP) is 4.03. The van der Waals surface area contributed by atoms with Crippen LogP contribution in [0, 0.1) is 0 Å². The standard InChI is InChI=1S/C19H19NO/c1-14-20-19(13-21-14)10-9-17-11-16(7-8-18(17)12-19)15-5-3-2-4-6-15/h2-8,11H,9-10,12-13H2,1H3. The van der Waals surface area contributed by atoms with Gasteiger partial charge in [-0.05, 0) is 35.1 Å². The van der Waals surface area contributed by atoms with Gasteiger partial charge < -0.3 is 4.74 Å². The maximum atomic E-state index is 5.60. The monoisotopic (exact) mass is 277 g/mol. The van der Waals surface area contributed by atoms with E-state index in [0.717, 1.165) is 31.8 Å². The molecule has 2 nitrogen and oxygen atoms in total. The van der Waals surface area contributed by atoms with Crippen LogP contribution >= 0.6 is 0 Å². The quantitative estimate of drug-likeness (QED) is 0.771. The highest BCUT2D eigenvalue weighted by molar-refractivity contribution is 5.75. The number of ether oxygens (including phenoxy) is 1. The number of hydrogen-bond donors (Lipinski definition) is 0. The zero-order valence-corrected chi connectivity index (χ0v) is 12.3. The van der Waals surface area contributed by atoms with Crippen molar-refractivity contribution in [1.29, 1.82) is 0 Å². The first-order valence-corrected chi connectivity index (χ1v) is 7.61. The van der Waals surface area contributed by atoms with Crippen LogP contribution in [-0.2, 0) is 17.6 Å². The fourth-order valence-corrected chi connectivity index (χ4v) is 3.51. The van der Waals surface area contributed by atoms with Gasteiger partial charge in [0, 0.05) is 13.3 Å². The van der Waals surface area contributed by atoms with E-state index in [2.05, 4.69) is 48.5 Å². The summed E-state index contributed by atoms with van der Waals surface area (Å²) in [6.45, 7) is 2.71. The Morgan fingerprint density at radius 2 is 1.86 bits per heavy atom. The van der Waals surface area contributed by atoms with E-state index in [-0.39, 0.29) is 5.54 Å². The van der Waals surface area contributed by atoms with Crippen LogP contribution in [-0.4, -0.2) is 18.0 Å². The molecule has 106 valence electrons. The Morgan fingerprint density at radius 3 is 2.62 bits per heavy atom. The normalized spacial score (nSPS) is 23.6. The van der Waals surface area contributed by atoms with Crippen molar-refractivity contribution in [2.24, 2.45) is 4.99 Å². The smallest absolute Gasteiger partial charge is 0.180 e. The Bertz CT molecular complexity index is 705. The van der Waals surface area contributed by atoms with Crippen LogP contribution in [0.3, 0.4) is 0 Å². The number of hydrogen-bond acceptors (Lipinski definition) is 2. The summed E-state index contributed by atoms with van der Waals surface area (Å²) in [6, 6.07) is 17.5. The molecule has 4 rings (SSSR count). The average Bonchev–Trinajstić information content (AvgIpc) is 2.88. The van der Waals surface area contributed by atoms with Gasteiger partial charge >= 0.3 is 0 Å². The third-order valence-corrected chi connectivity index (χ3v) is 4.64. The maximum Gasteiger partial charge on any atom is 0.180 e. The molecule has 1 aliphatic heterocycles. The summed E-state index contributed by atoms with van der Waals surface area (Å²) in [4.78, 5) is 4.75. The molecule has 2 aromatic rings. The lowest BCUT2D eigenvalue weighted by molar-refractivity contribution is 0.236. The molecule has 0 saturated carbocycles. The van der Waals surface area contributed by atoms with Gasteiger partial charge in [0.25, 0.3) is 0 Å². The molecule has 1 spiro atoms. The van der Waals surface area contributed by atoms with Gasteiger partial charge in [-0.3, -0.25) is 0 Å². The van der Waals surface area contributed by atoms with Crippen LogP contribution in [0.1, 0.15) is 24.5 Å². The van der Waals surface area contributed by atoms with E-state index in [9.17, 15) is 0 Å². The van der Waals surface area contributed by atoms with E-state index in [1.807, 2.05) is 6.92 Å². The van der Waals surface area contributed by atoms with Gasteiger partial charge in [-0.15, -0.1) is 0 Å². The zero-order valence-electron chi connectivity index (χ0n) is 12.3. The van der Waals surface area contributed by atoms with Gasteiger partial charge in [-0.25, -0.2) is 4.99 Å². The second-order valence-corrected chi connectivity index (χ2v) is 6.17. The lowest BCUT2D eigenvalue weighted by Gasteiger charge is -2.30. The van der Waals surface area contributed by atoms with Gasteiger partial charge in [-0.1, -0.05) is 48.5 Å². The van der Waals surface area contributed by atoms with E-state index in [4.69, 9.17) is 9.73 Å². The van der Waals surface area contributed by atoms with Gasteiger partial charge in [0.05, 0.1) is 0 Å². The first kappa shape index (κ1) is 12.6. The highest BCUT2D eigenvalue weighted by atomic mass is 16.5. The van der Waals surface area contributed by atoms with E-state index >= 15 is 0 Å². The van der Waals surface area contributed by atoms with E-state index in [1.54, 1.807) is 0 Å². The largest absolute Gasteiger partial charge is 0.479 e. The Balaban J connectivity index is 1.67. The van der Waals surface area contributed by atoms with Crippen LogP contribution in [0.2, 0.25) is 0 Å². The SMILES string of the molecule is CC1=NC2(CCc3cc(-c4ccccc4)ccc3C2)CO1. The Kier molecular flexibility index (Phi) is 2.85. The van der Waals surface area contributed by atoms with Crippen molar-refractivity contribution < 1.29 is 4.74 Å². The van der Waals surface area contributed by atoms with Crippen LogP contribution in [0.5, 0.6) is 0 Å². The fourth-order valence-electron chi connectivity index (χ4n) is 3.51. The second kappa shape index (κ2) is 4.73. The number of aryl methyl sites for hydroxylation is 1. The molecule has 0 radical (unpaired) electrons. The van der Waals surface area contributed by atoms with Gasteiger partial charge in [0.15, 0.2) is 5.90 Å². The Hall–Kier alpha value is -2.09. The third-order valence-electron chi connectivity index (χ3n) is 4.64. The number of fused-ring (bicyclic) bond motifs is 1. The molecule has 0 saturated heterocycles. The number of aliphatic imine (C=N–C) groups is 1. The van der Waals surface area contributed by atoms with Crippen molar-refractivity contribution in [1.82, 2.24) is 0 Å². The summed E-state index contributed by atoms with van der Waals surface area (Å²) < 4.78 is 5.60. The van der Waals surface area contributed by atoms with Gasteiger partial charge in [0.2, 0.25) is 0 Å². The molecule has 1 heterocycles. The first-order chi connectivity index (χ1) is 10.2. The number of rotatable bonds is 1. The molecular formula is C19H19NO. The van der Waals surface area contributed by atoms with Crippen LogP contribution in [0.4, 0.5) is 0 Å². The Morgan fingerprint density at radius 1 is 1.00 bits per heavy atom. The molecule has 1 unspecified atom stereocenters. The lowest BCUT2D eigenvalue weighted by Crippen LogP contribution is -2.35. The minimum atomic E-state index is 0.00530. The minimum absolute atomic E-state index is 0.00530. The van der Waals surface area contributed by atoms with Crippen molar-refractivity contribution in [2.75, 3.05) is 6.61 Å². The van der Waals surface area contributed by atoms with E-state index in [1.165, 1.54) is 22.3 Å². The van der Waals surface area contributed by atoms with Crippen molar-refractivity contribution >= 4 is 5.90 Å². The molecular weight excluding hydrogens is 258 g/mol. The van der Waals surface area contributed by atoms with Crippen LogP contribution in [0.25, 0.3) is 11.1 Å². The van der Waals surface area contributed by atoms with E-state index in [0.29, 0.717) is 0 Å². The van der Waals surface area contributed by atoms with Crippen molar-refractivity contribution in [2.45, 2.75) is 31.7 Å². The first-order valence-electron chi connectivity index (χ1n) is 7.61. The topological polar surface area (TPSA) is 21.6 Å². The summed E-state index contributed by atoms with van der Waals surface area (Å²) in [5.41, 5.74) is 5.52. The molecule has 0 N–H and O–H groups in total. The van der Waals surface area contributed by atoms with Crippen molar-refractivity contribution in [3.8, 4) is 11.1 Å². The van der Waals surface area contributed by atoms with E-state index < -0.39 is 0 Å². The predicted molar refractivity (Wildman–Crippen MR) is 85.7 cm³/mol. The third kappa shape index (κ3) is 2.25. The molecule has 2 heteroatoms. The zero-order chi connectivity index (χ0) is 14.3. The fraction of sp³-hybridized carbons (Fsp3) is 0.316. The Labute approximate surface area is 125 Å². The average molecular weight is 277 g/mol. The summed E-state index contributed by atoms with van der Waals surface area (Å²) in [7, 11) is 0. The number of nitrogens with zero attached hydrogens (tertiary/aromatic N) is 1. The lowest BCUT2D eigenvalue weighted by atomic mass is 9.78. The van der Waals surface area contributed by atoms with Crippen LogP contribution in [0.15, 0.2) is 53.5 Å². The van der Waals surface area contributed by atoms with Crippen molar-refractivity contribution in [3.63, 3.8) is 0 Å². The number of benzene rings is 2.